The molecule has 3 heteroatoms. The molecule has 0 rings (SSSR count). The van der Waals surface area contributed by atoms with Gasteiger partial charge in [0, 0.05) is 5.57 Å². The molecule has 2 nitrogen and oxygen atoms in total. The molecule has 0 bridgehead atoms. The van der Waals surface area contributed by atoms with E-state index in [1.807, 2.05) is 0 Å². The lowest BCUT2D eigenvalue weighted by Crippen LogP contribution is -2.04. The van der Waals surface area contributed by atoms with Crippen LogP contribution in [0.2, 0.25) is 0 Å². The Morgan fingerprint density at radius 1 is 1.80 bits per heavy atom. The summed E-state index contributed by atoms with van der Waals surface area (Å²) in [7, 11) is 2.34. The Labute approximate surface area is 63.2 Å². The summed E-state index contributed by atoms with van der Waals surface area (Å²) in [6.07, 6.45) is 1.54. The number of hydrogen-bond acceptors (Lipinski definition) is 2. The minimum Gasteiger partial charge on any atom is -0.458 e. The molecule has 56 valence electrons. The van der Waals surface area contributed by atoms with Crippen molar-refractivity contribution in [3.63, 3.8) is 0 Å². The van der Waals surface area contributed by atoms with E-state index in [9.17, 15) is 4.79 Å². The Bertz CT molecular complexity index is 161. The van der Waals surface area contributed by atoms with Crippen molar-refractivity contribution in [2.45, 2.75) is 6.92 Å². The SMILES string of the molecule is C=CCOC(=O)C(C)=CP. The Kier molecular flexibility index (Phi) is 4.87. The predicted octanol–water partition coefficient (Wildman–Crippen LogP) is 1.49. The molecular weight excluding hydrogens is 147 g/mol. The fraction of sp³-hybridized carbons (Fsp3) is 0.286. The van der Waals surface area contributed by atoms with Gasteiger partial charge in [0.1, 0.15) is 6.61 Å². The molecule has 0 aliphatic heterocycles. The predicted molar refractivity (Wildman–Crippen MR) is 44.6 cm³/mol. The normalized spacial score (nSPS) is 10.8. The summed E-state index contributed by atoms with van der Waals surface area (Å²) in [5, 5.41) is 0. The third-order valence-electron chi connectivity index (χ3n) is 0.904. The average molecular weight is 158 g/mol. The lowest BCUT2D eigenvalue weighted by atomic mass is 10.4. The van der Waals surface area contributed by atoms with Gasteiger partial charge in [-0.05, 0) is 6.92 Å². The van der Waals surface area contributed by atoms with Crippen molar-refractivity contribution in [1.29, 1.82) is 0 Å². The van der Waals surface area contributed by atoms with Crippen LogP contribution in [-0.2, 0) is 9.53 Å². The molecule has 0 saturated carbocycles. The smallest absolute Gasteiger partial charge is 0.334 e. The van der Waals surface area contributed by atoms with E-state index < -0.39 is 0 Å². The minimum absolute atomic E-state index is 0.272. The molecule has 0 aromatic heterocycles. The average Bonchev–Trinajstić information content (AvgIpc) is 1.98. The number of hydrogen-bond donors (Lipinski definition) is 0. The van der Waals surface area contributed by atoms with Crippen LogP contribution in [0.1, 0.15) is 6.92 Å². The minimum atomic E-state index is -0.296. The van der Waals surface area contributed by atoms with E-state index in [1.165, 1.54) is 6.08 Å². The highest BCUT2D eigenvalue weighted by atomic mass is 31.0. The first kappa shape index (κ1) is 9.38. The van der Waals surface area contributed by atoms with E-state index >= 15 is 0 Å². The fourth-order valence-corrected chi connectivity index (χ4v) is 0.453. The largest absolute Gasteiger partial charge is 0.458 e. The Morgan fingerprint density at radius 3 is 2.80 bits per heavy atom. The van der Waals surface area contributed by atoms with Crippen LogP contribution in [0, 0.1) is 0 Å². The summed E-state index contributed by atoms with van der Waals surface area (Å²) in [4.78, 5) is 10.8. The lowest BCUT2D eigenvalue weighted by molar-refractivity contribution is -0.137. The molecular formula is C7H11O2P. The van der Waals surface area contributed by atoms with Gasteiger partial charge < -0.3 is 4.74 Å². The van der Waals surface area contributed by atoms with Gasteiger partial charge in [-0.15, -0.1) is 9.24 Å². The Hall–Kier alpha value is -0.620. The Balaban J connectivity index is 3.74. The van der Waals surface area contributed by atoms with Crippen molar-refractivity contribution in [3.05, 3.63) is 24.0 Å². The van der Waals surface area contributed by atoms with Crippen LogP contribution in [0.15, 0.2) is 24.0 Å². The van der Waals surface area contributed by atoms with Crippen LogP contribution < -0.4 is 0 Å². The second-order valence-corrected chi connectivity index (χ2v) is 2.07. The van der Waals surface area contributed by atoms with Crippen LogP contribution in [0.4, 0.5) is 0 Å². The van der Waals surface area contributed by atoms with Crippen molar-refractivity contribution in [2.75, 3.05) is 6.61 Å². The summed E-state index contributed by atoms with van der Waals surface area (Å²) in [5.41, 5.74) is 0.590. The maximum absolute atomic E-state index is 10.8. The number of carbonyl (C=O) groups excluding carboxylic acids is 1. The van der Waals surface area contributed by atoms with E-state index in [0.29, 0.717) is 5.57 Å². The molecule has 0 aliphatic carbocycles. The molecule has 0 N–H and O–H groups in total. The summed E-state index contributed by atoms with van der Waals surface area (Å²) < 4.78 is 4.71. The summed E-state index contributed by atoms with van der Waals surface area (Å²) in [6, 6.07) is 0. The van der Waals surface area contributed by atoms with Crippen LogP contribution >= 0.6 is 9.24 Å². The number of rotatable bonds is 3. The highest BCUT2D eigenvalue weighted by Crippen LogP contribution is 1.99. The van der Waals surface area contributed by atoms with Crippen LogP contribution in [-0.4, -0.2) is 12.6 Å². The zero-order valence-corrected chi connectivity index (χ0v) is 7.12. The van der Waals surface area contributed by atoms with Crippen molar-refractivity contribution in [3.8, 4) is 0 Å². The zero-order chi connectivity index (χ0) is 7.98. The van der Waals surface area contributed by atoms with Gasteiger partial charge in [0.05, 0.1) is 0 Å². The van der Waals surface area contributed by atoms with E-state index in [2.05, 4.69) is 15.8 Å². The molecule has 10 heavy (non-hydrogen) atoms. The van der Waals surface area contributed by atoms with Crippen molar-refractivity contribution in [1.82, 2.24) is 0 Å². The molecule has 1 unspecified atom stereocenters. The third-order valence-corrected chi connectivity index (χ3v) is 1.40. The van der Waals surface area contributed by atoms with Gasteiger partial charge in [-0.2, -0.15) is 0 Å². The van der Waals surface area contributed by atoms with Crippen molar-refractivity contribution in [2.24, 2.45) is 0 Å². The van der Waals surface area contributed by atoms with Gasteiger partial charge in [-0.1, -0.05) is 18.5 Å². The zero-order valence-electron chi connectivity index (χ0n) is 5.96. The van der Waals surface area contributed by atoms with Gasteiger partial charge in [0.25, 0.3) is 0 Å². The molecule has 0 amide bonds. The van der Waals surface area contributed by atoms with Crippen molar-refractivity contribution >= 4 is 15.2 Å². The van der Waals surface area contributed by atoms with Gasteiger partial charge in [0.15, 0.2) is 0 Å². The van der Waals surface area contributed by atoms with Crippen LogP contribution in [0.3, 0.4) is 0 Å². The van der Waals surface area contributed by atoms with Gasteiger partial charge in [-0.3, -0.25) is 0 Å². The fourth-order valence-electron chi connectivity index (χ4n) is 0.316. The van der Waals surface area contributed by atoms with E-state index in [4.69, 9.17) is 4.74 Å². The topological polar surface area (TPSA) is 26.3 Å². The van der Waals surface area contributed by atoms with E-state index in [-0.39, 0.29) is 12.6 Å². The quantitative estimate of drug-likeness (QED) is 0.269. The molecule has 0 heterocycles. The summed E-state index contributed by atoms with van der Waals surface area (Å²) in [5.74, 6) is 1.33. The number of ether oxygens (including phenoxy) is 1. The van der Waals surface area contributed by atoms with Gasteiger partial charge in [-0.25, -0.2) is 4.79 Å². The molecule has 0 fully saturated rings. The molecule has 0 aromatic rings. The monoisotopic (exact) mass is 158 g/mol. The van der Waals surface area contributed by atoms with Gasteiger partial charge >= 0.3 is 5.97 Å². The standard InChI is InChI=1S/C7H11O2P/c1-3-4-9-7(8)6(2)5-10/h3,5H,1,4,10H2,2H3. The molecule has 1 atom stereocenters. The van der Waals surface area contributed by atoms with E-state index in [0.717, 1.165) is 0 Å². The number of esters is 1. The van der Waals surface area contributed by atoms with Crippen LogP contribution in [0.5, 0.6) is 0 Å². The van der Waals surface area contributed by atoms with Crippen molar-refractivity contribution < 1.29 is 9.53 Å². The molecule has 0 aliphatic rings. The molecule has 0 aromatic carbocycles. The first-order chi connectivity index (χ1) is 4.72. The third kappa shape index (κ3) is 3.41. The maximum atomic E-state index is 10.8. The van der Waals surface area contributed by atoms with Crippen LogP contribution in [0.25, 0.3) is 0 Å². The molecule has 0 spiro atoms. The molecule has 0 radical (unpaired) electrons. The first-order valence-electron chi connectivity index (χ1n) is 2.89. The summed E-state index contributed by atoms with van der Waals surface area (Å²) in [6.45, 7) is 5.38. The Morgan fingerprint density at radius 2 is 2.40 bits per heavy atom. The lowest BCUT2D eigenvalue weighted by Gasteiger charge is -1.99. The second-order valence-electron chi connectivity index (χ2n) is 1.74. The van der Waals surface area contributed by atoms with E-state index in [1.54, 1.807) is 12.7 Å². The van der Waals surface area contributed by atoms with Gasteiger partial charge in [0.2, 0.25) is 0 Å². The maximum Gasteiger partial charge on any atom is 0.334 e. The summed E-state index contributed by atoms with van der Waals surface area (Å²) >= 11 is 0. The first-order valence-corrected chi connectivity index (χ1v) is 3.55. The highest BCUT2D eigenvalue weighted by molar-refractivity contribution is 7.20. The number of carbonyl (C=O) groups is 1. The molecule has 0 saturated heterocycles. The highest BCUT2D eigenvalue weighted by Gasteiger charge is 2.01. The second kappa shape index (κ2) is 5.19.